The van der Waals surface area contributed by atoms with Gasteiger partial charge in [0, 0.05) is 24.9 Å². The molecule has 0 aromatic heterocycles. The van der Waals surface area contributed by atoms with Crippen LogP contribution in [0.15, 0.2) is 48.5 Å². The molecule has 4 heteroatoms. The standard InChI is InChI=1S/C20H19N3O/c1-23-10-9-17-7-5-15(11-18(17)14-23)6-8-20(24)22-19-4-2-3-16(12-19)13-21/h2-8,11-12H,9-10,14H2,1H3,(H,22,24). The second-order valence-electron chi connectivity index (χ2n) is 6.03. The van der Waals surface area contributed by atoms with E-state index in [-0.39, 0.29) is 5.91 Å². The molecule has 120 valence electrons. The van der Waals surface area contributed by atoms with Crippen LogP contribution in [-0.4, -0.2) is 24.4 Å². The molecule has 0 saturated carbocycles. The molecule has 4 nitrogen and oxygen atoms in total. The Kier molecular flexibility index (Phi) is 4.74. The molecule has 0 fully saturated rings. The Morgan fingerprint density at radius 2 is 2.12 bits per heavy atom. The zero-order chi connectivity index (χ0) is 16.9. The number of hydrogen-bond acceptors (Lipinski definition) is 3. The number of likely N-dealkylation sites (N-methyl/N-ethyl adjacent to an activating group) is 1. The van der Waals surface area contributed by atoms with E-state index in [0.29, 0.717) is 11.3 Å². The van der Waals surface area contributed by atoms with Crippen molar-refractivity contribution in [2.75, 3.05) is 18.9 Å². The molecule has 0 spiro atoms. The van der Waals surface area contributed by atoms with Gasteiger partial charge in [-0.05, 0) is 54.4 Å². The Morgan fingerprint density at radius 3 is 2.96 bits per heavy atom. The van der Waals surface area contributed by atoms with Crippen molar-refractivity contribution in [3.05, 3.63) is 70.8 Å². The van der Waals surface area contributed by atoms with E-state index in [9.17, 15) is 4.79 Å². The van der Waals surface area contributed by atoms with Crippen molar-refractivity contribution in [1.82, 2.24) is 4.90 Å². The Bertz CT molecular complexity index is 833. The van der Waals surface area contributed by atoms with Crippen molar-refractivity contribution in [2.45, 2.75) is 13.0 Å². The minimum absolute atomic E-state index is 0.208. The van der Waals surface area contributed by atoms with Crippen LogP contribution in [-0.2, 0) is 17.8 Å². The van der Waals surface area contributed by atoms with Crippen LogP contribution in [0.4, 0.5) is 5.69 Å². The summed E-state index contributed by atoms with van der Waals surface area (Å²) in [7, 11) is 2.12. The van der Waals surface area contributed by atoms with Gasteiger partial charge in [-0.1, -0.05) is 24.3 Å². The predicted molar refractivity (Wildman–Crippen MR) is 95.3 cm³/mol. The lowest BCUT2D eigenvalue weighted by atomic mass is 9.97. The molecule has 24 heavy (non-hydrogen) atoms. The van der Waals surface area contributed by atoms with Crippen LogP contribution in [0.5, 0.6) is 0 Å². The van der Waals surface area contributed by atoms with Gasteiger partial charge in [-0.2, -0.15) is 5.26 Å². The zero-order valence-electron chi connectivity index (χ0n) is 13.6. The molecule has 0 unspecified atom stereocenters. The first-order valence-electron chi connectivity index (χ1n) is 7.93. The average Bonchev–Trinajstić information content (AvgIpc) is 2.59. The van der Waals surface area contributed by atoms with E-state index in [2.05, 4.69) is 35.5 Å². The number of nitrogens with one attached hydrogen (secondary N) is 1. The summed E-state index contributed by atoms with van der Waals surface area (Å²) < 4.78 is 0. The van der Waals surface area contributed by atoms with E-state index in [4.69, 9.17) is 5.26 Å². The maximum absolute atomic E-state index is 12.0. The first-order chi connectivity index (χ1) is 11.6. The number of nitriles is 1. The second kappa shape index (κ2) is 7.12. The summed E-state index contributed by atoms with van der Waals surface area (Å²) in [5.41, 5.74) is 4.88. The lowest BCUT2D eigenvalue weighted by molar-refractivity contribution is -0.111. The molecule has 1 aliphatic rings. The van der Waals surface area contributed by atoms with Crippen LogP contribution >= 0.6 is 0 Å². The molecule has 0 aliphatic carbocycles. The highest BCUT2D eigenvalue weighted by atomic mass is 16.1. The minimum atomic E-state index is -0.208. The zero-order valence-corrected chi connectivity index (χ0v) is 13.6. The molecule has 0 radical (unpaired) electrons. The van der Waals surface area contributed by atoms with Gasteiger partial charge in [-0.3, -0.25) is 4.79 Å². The summed E-state index contributed by atoms with van der Waals surface area (Å²) in [4.78, 5) is 14.3. The van der Waals surface area contributed by atoms with Gasteiger partial charge in [-0.15, -0.1) is 0 Å². The molecule has 1 aliphatic heterocycles. The Hall–Kier alpha value is -2.90. The summed E-state index contributed by atoms with van der Waals surface area (Å²) >= 11 is 0. The van der Waals surface area contributed by atoms with Crippen LogP contribution in [0.3, 0.4) is 0 Å². The molecular formula is C20H19N3O. The maximum Gasteiger partial charge on any atom is 0.248 e. The largest absolute Gasteiger partial charge is 0.322 e. The third kappa shape index (κ3) is 3.89. The molecule has 1 amide bonds. The summed E-state index contributed by atoms with van der Waals surface area (Å²) in [5.74, 6) is -0.208. The van der Waals surface area contributed by atoms with E-state index >= 15 is 0 Å². The number of nitrogens with zero attached hydrogens (tertiary/aromatic N) is 2. The molecule has 0 bridgehead atoms. The summed E-state index contributed by atoms with van der Waals surface area (Å²) in [5, 5.41) is 11.7. The number of carbonyl (C=O) groups is 1. The van der Waals surface area contributed by atoms with Gasteiger partial charge in [0.25, 0.3) is 0 Å². The van der Waals surface area contributed by atoms with Gasteiger partial charge in [-0.25, -0.2) is 0 Å². The lowest BCUT2D eigenvalue weighted by Gasteiger charge is -2.25. The third-order valence-corrected chi connectivity index (χ3v) is 4.12. The molecule has 1 N–H and O–H groups in total. The molecular weight excluding hydrogens is 298 g/mol. The molecule has 1 heterocycles. The SMILES string of the molecule is CN1CCc2ccc(C=CC(=O)Nc3cccc(C#N)c3)cc2C1. The fraction of sp³-hybridized carbons (Fsp3) is 0.200. The Balaban J connectivity index is 1.68. The predicted octanol–water partition coefficient (Wildman–Crippen LogP) is 3.20. The first kappa shape index (κ1) is 16.0. The number of carbonyl (C=O) groups excluding carboxylic acids is 1. The topological polar surface area (TPSA) is 56.1 Å². The van der Waals surface area contributed by atoms with E-state index in [1.165, 1.54) is 17.2 Å². The van der Waals surface area contributed by atoms with Gasteiger partial charge >= 0.3 is 0 Å². The van der Waals surface area contributed by atoms with E-state index in [1.807, 2.05) is 12.1 Å². The van der Waals surface area contributed by atoms with Crippen molar-refractivity contribution in [1.29, 1.82) is 5.26 Å². The molecule has 2 aromatic carbocycles. The first-order valence-corrected chi connectivity index (χ1v) is 7.93. The number of fused-ring (bicyclic) bond motifs is 1. The molecule has 2 aromatic rings. The van der Waals surface area contributed by atoms with E-state index < -0.39 is 0 Å². The highest BCUT2D eigenvalue weighted by molar-refractivity contribution is 6.02. The third-order valence-electron chi connectivity index (χ3n) is 4.12. The second-order valence-corrected chi connectivity index (χ2v) is 6.03. The van der Waals surface area contributed by atoms with E-state index in [1.54, 1.807) is 24.3 Å². The van der Waals surface area contributed by atoms with Gasteiger partial charge in [0.2, 0.25) is 5.91 Å². The fourth-order valence-corrected chi connectivity index (χ4v) is 2.84. The smallest absolute Gasteiger partial charge is 0.248 e. The monoisotopic (exact) mass is 317 g/mol. The molecule has 0 saturated heterocycles. The number of rotatable bonds is 3. The van der Waals surface area contributed by atoms with Crippen LogP contribution in [0.2, 0.25) is 0 Å². The van der Waals surface area contributed by atoms with E-state index in [0.717, 1.165) is 25.1 Å². The minimum Gasteiger partial charge on any atom is -0.322 e. The Labute approximate surface area is 142 Å². The molecule has 3 rings (SSSR count). The van der Waals surface area contributed by atoms with Crippen molar-refractivity contribution in [2.24, 2.45) is 0 Å². The number of hydrogen-bond donors (Lipinski definition) is 1. The van der Waals surface area contributed by atoms with Crippen molar-refractivity contribution in [3.63, 3.8) is 0 Å². The average molecular weight is 317 g/mol. The highest BCUT2D eigenvalue weighted by Crippen LogP contribution is 2.20. The van der Waals surface area contributed by atoms with Crippen molar-refractivity contribution >= 4 is 17.7 Å². The van der Waals surface area contributed by atoms with Crippen LogP contribution in [0.1, 0.15) is 22.3 Å². The summed E-state index contributed by atoms with van der Waals surface area (Å²) in [6, 6.07) is 15.3. The van der Waals surface area contributed by atoms with Crippen LogP contribution < -0.4 is 5.32 Å². The summed E-state index contributed by atoms with van der Waals surface area (Å²) in [6.07, 6.45) is 4.41. The van der Waals surface area contributed by atoms with Gasteiger partial charge in [0.05, 0.1) is 11.6 Å². The highest BCUT2D eigenvalue weighted by Gasteiger charge is 2.12. The van der Waals surface area contributed by atoms with Crippen molar-refractivity contribution < 1.29 is 4.79 Å². The summed E-state index contributed by atoms with van der Waals surface area (Å²) in [6.45, 7) is 2.04. The quantitative estimate of drug-likeness (QED) is 0.885. The van der Waals surface area contributed by atoms with Gasteiger partial charge in [0.15, 0.2) is 0 Å². The lowest BCUT2D eigenvalue weighted by Crippen LogP contribution is -2.26. The number of anilines is 1. The number of amides is 1. The van der Waals surface area contributed by atoms with Gasteiger partial charge in [0.1, 0.15) is 0 Å². The Morgan fingerprint density at radius 1 is 1.25 bits per heavy atom. The van der Waals surface area contributed by atoms with Gasteiger partial charge < -0.3 is 10.2 Å². The molecule has 0 atom stereocenters. The van der Waals surface area contributed by atoms with Crippen LogP contribution in [0, 0.1) is 11.3 Å². The fourth-order valence-electron chi connectivity index (χ4n) is 2.84. The normalized spacial score (nSPS) is 14.2. The maximum atomic E-state index is 12.0. The van der Waals surface area contributed by atoms with Crippen molar-refractivity contribution in [3.8, 4) is 6.07 Å². The van der Waals surface area contributed by atoms with Crippen LogP contribution in [0.25, 0.3) is 6.08 Å². The number of benzene rings is 2.